The molecule has 0 nitrogen and oxygen atoms in total. The van der Waals surface area contributed by atoms with E-state index in [0.29, 0.717) is 0 Å². The molecule has 0 bridgehead atoms. The highest BCUT2D eigenvalue weighted by molar-refractivity contribution is 5.74. The first kappa shape index (κ1) is 31.4. The maximum absolute atomic E-state index is 3.77. The molecule has 0 aliphatic rings. The van der Waals surface area contributed by atoms with E-state index in [1.807, 2.05) is 64.1 Å². The van der Waals surface area contributed by atoms with Gasteiger partial charge in [0.1, 0.15) is 0 Å². The molecule has 3 aromatic rings. The Morgan fingerprint density at radius 3 is 1.74 bits per heavy atom. The second-order valence-corrected chi connectivity index (χ2v) is 8.22. The van der Waals surface area contributed by atoms with Gasteiger partial charge in [0.2, 0.25) is 0 Å². The molecule has 0 saturated heterocycles. The molecule has 0 aromatic heterocycles. The third-order valence-electron chi connectivity index (χ3n) is 4.67. The molecule has 0 amide bonds. The standard InChI is InChI=1S/C14H14.C13H14.2C4H8/c1-2-12-8-10-14(11-9-12)13-6-4-3-5-7-13;1-4-7-12(5-2)13-9-6-8-11(3)10-13;1-4(2)3;1-3-4-2/h3-11H,2H2,1H3;4-10H,1-2H2,3H3;1H2,2-3H3;3-4H,1-2H3/b;12-7+;;4-3-. The predicted octanol–water partition coefficient (Wildman–Crippen LogP) is 10.8. The Morgan fingerprint density at radius 1 is 0.771 bits per heavy atom. The van der Waals surface area contributed by atoms with Crippen molar-refractivity contribution in [2.75, 3.05) is 0 Å². The van der Waals surface area contributed by atoms with Gasteiger partial charge in [-0.1, -0.05) is 140 Å². The lowest BCUT2D eigenvalue weighted by Gasteiger charge is -2.02. The van der Waals surface area contributed by atoms with E-state index >= 15 is 0 Å². The largest absolute Gasteiger partial charge is 0.100 e. The highest BCUT2D eigenvalue weighted by Gasteiger charge is 1.96. The Morgan fingerprint density at radius 2 is 1.31 bits per heavy atom. The van der Waals surface area contributed by atoms with Crippen LogP contribution in [0.25, 0.3) is 16.7 Å². The van der Waals surface area contributed by atoms with Crippen LogP contribution in [0.3, 0.4) is 0 Å². The molecule has 35 heavy (non-hydrogen) atoms. The van der Waals surface area contributed by atoms with Crippen molar-refractivity contribution in [3.8, 4) is 11.1 Å². The summed E-state index contributed by atoms with van der Waals surface area (Å²) in [6.07, 6.45) is 10.7. The summed E-state index contributed by atoms with van der Waals surface area (Å²) in [5.74, 6) is 0. The Hall–Kier alpha value is -3.64. The predicted molar refractivity (Wildman–Crippen MR) is 162 cm³/mol. The van der Waals surface area contributed by atoms with Gasteiger partial charge in [0.15, 0.2) is 0 Å². The van der Waals surface area contributed by atoms with Crippen molar-refractivity contribution in [2.24, 2.45) is 0 Å². The Bertz CT molecular complexity index is 1040. The van der Waals surface area contributed by atoms with E-state index in [2.05, 4.69) is 100 Å². The molecular formula is C35H44. The fourth-order valence-corrected chi connectivity index (χ4v) is 2.80. The fourth-order valence-electron chi connectivity index (χ4n) is 2.80. The number of hydrogen-bond donors (Lipinski definition) is 0. The van der Waals surface area contributed by atoms with E-state index in [1.165, 1.54) is 33.4 Å². The zero-order chi connectivity index (χ0) is 26.5. The summed E-state index contributed by atoms with van der Waals surface area (Å²) in [6, 6.07) is 27.6. The molecule has 0 aliphatic heterocycles. The van der Waals surface area contributed by atoms with Crippen molar-refractivity contribution in [2.45, 2.75) is 48.0 Å². The van der Waals surface area contributed by atoms with Crippen LogP contribution in [0.15, 0.2) is 135 Å². The molecule has 0 heterocycles. The number of benzene rings is 3. The summed E-state index contributed by atoms with van der Waals surface area (Å²) in [7, 11) is 0. The summed E-state index contributed by atoms with van der Waals surface area (Å²) >= 11 is 0. The normalized spacial score (nSPS) is 9.94. The maximum Gasteiger partial charge on any atom is -0.0182 e. The van der Waals surface area contributed by atoms with Gasteiger partial charge >= 0.3 is 0 Å². The van der Waals surface area contributed by atoms with E-state index in [4.69, 9.17) is 0 Å². The average molecular weight is 465 g/mol. The Kier molecular flexibility index (Phi) is 17.7. The van der Waals surface area contributed by atoms with Crippen LogP contribution >= 0.6 is 0 Å². The smallest absolute Gasteiger partial charge is 0.0182 e. The Balaban J connectivity index is 0.000000510. The lowest BCUT2D eigenvalue weighted by molar-refractivity contribution is 1.14. The van der Waals surface area contributed by atoms with Gasteiger partial charge in [-0.2, -0.15) is 0 Å². The number of aryl methyl sites for hydroxylation is 2. The molecule has 0 heteroatoms. The summed E-state index contributed by atoms with van der Waals surface area (Å²) in [5.41, 5.74) is 8.70. The summed E-state index contributed by atoms with van der Waals surface area (Å²) in [6.45, 7) is 23.2. The van der Waals surface area contributed by atoms with E-state index in [9.17, 15) is 0 Å². The fraction of sp³-hybridized carbons (Fsp3) is 0.200. The van der Waals surface area contributed by atoms with Gasteiger partial charge in [-0.15, -0.1) is 6.58 Å². The monoisotopic (exact) mass is 464 g/mol. The zero-order valence-electron chi connectivity index (χ0n) is 22.7. The number of hydrogen-bond acceptors (Lipinski definition) is 0. The van der Waals surface area contributed by atoms with E-state index in [-0.39, 0.29) is 0 Å². The first-order valence-corrected chi connectivity index (χ1v) is 12.2. The van der Waals surface area contributed by atoms with E-state index < -0.39 is 0 Å². The zero-order valence-corrected chi connectivity index (χ0v) is 22.7. The van der Waals surface area contributed by atoms with Gasteiger partial charge in [0, 0.05) is 0 Å². The van der Waals surface area contributed by atoms with Crippen LogP contribution in [-0.4, -0.2) is 0 Å². The minimum Gasteiger partial charge on any atom is -0.100 e. The van der Waals surface area contributed by atoms with Gasteiger partial charge in [0.25, 0.3) is 0 Å². The van der Waals surface area contributed by atoms with Gasteiger partial charge < -0.3 is 0 Å². The molecule has 3 aromatic carbocycles. The second kappa shape index (κ2) is 19.8. The molecule has 184 valence electrons. The average Bonchev–Trinajstić information content (AvgIpc) is 2.88. The number of rotatable bonds is 5. The first-order chi connectivity index (χ1) is 16.8. The lowest BCUT2D eigenvalue weighted by atomic mass is 10.0. The highest BCUT2D eigenvalue weighted by Crippen LogP contribution is 2.19. The van der Waals surface area contributed by atoms with Crippen molar-refractivity contribution in [1.29, 1.82) is 0 Å². The third kappa shape index (κ3) is 15.0. The lowest BCUT2D eigenvalue weighted by Crippen LogP contribution is -1.81. The van der Waals surface area contributed by atoms with Gasteiger partial charge in [-0.25, -0.2) is 0 Å². The molecule has 0 saturated carbocycles. The van der Waals surface area contributed by atoms with Crippen molar-refractivity contribution in [1.82, 2.24) is 0 Å². The van der Waals surface area contributed by atoms with Crippen LogP contribution in [0, 0.1) is 6.92 Å². The summed E-state index contributed by atoms with van der Waals surface area (Å²) < 4.78 is 0. The molecule has 0 radical (unpaired) electrons. The van der Waals surface area contributed by atoms with E-state index in [0.717, 1.165) is 12.0 Å². The Labute approximate surface area is 215 Å². The minimum atomic E-state index is 1.11. The maximum atomic E-state index is 3.77. The van der Waals surface area contributed by atoms with Crippen LogP contribution in [-0.2, 0) is 6.42 Å². The topological polar surface area (TPSA) is 0 Å². The highest BCUT2D eigenvalue weighted by atomic mass is 14.0. The molecule has 3 rings (SSSR count). The van der Waals surface area contributed by atoms with Crippen LogP contribution in [0.4, 0.5) is 0 Å². The van der Waals surface area contributed by atoms with Crippen LogP contribution in [0.2, 0.25) is 0 Å². The van der Waals surface area contributed by atoms with Crippen LogP contribution < -0.4 is 0 Å². The quantitative estimate of drug-likeness (QED) is 0.260. The SMILES string of the molecule is C/C=C\C.C=C(C)C.C=C/C=C(\C=C)c1cccc(C)c1.CCc1ccc(-c2ccccc2)cc1. The summed E-state index contributed by atoms with van der Waals surface area (Å²) in [4.78, 5) is 0. The minimum absolute atomic E-state index is 1.11. The van der Waals surface area contributed by atoms with Gasteiger partial charge in [0.05, 0.1) is 0 Å². The second-order valence-electron chi connectivity index (χ2n) is 8.22. The van der Waals surface area contributed by atoms with Crippen LogP contribution in [0.1, 0.15) is 51.3 Å². The van der Waals surface area contributed by atoms with E-state index in [1.54, 1.807) is 6.08 Å². The number of allylic oxidation sites excluding steroid dienone is 7. The van der Waals surface area contributed by atoms with Gasteiger partial charge in [-0.05, 0) is 68.9 Å². The molecular weight excluding hydrogens is 420 g/mol. The molecule has 0 aliphatic carbocycles. The van der Waals surface area contributed by atoms with Crippen molar-refractivity contribution >= 4 is 5.57 Å². The van der Waals surface area contributed by atoms with Gasteiger partial charge in [-0.3, -0.25) is 0 Å². The molecule has 0 atom stereocenters. The molecule has 0 spiro atoms. The summed E-state index contributed by atoms with van der Waals surface area (Å²) in [5, 5.41) is 0. The van der Waals surface area contributed by atoms with Crippen molar-refractivity contribution < 1.29 is 0 Å². The van der Waals surface area contributed by atoms with Crippen molar-refractivity contribution in [3.63, 3.8) is 0 Å². The van der Waals surface area contributed by atoms with Crippen LogP contribution in [0.5, 0.6) is 0 Å². The third-order valence-corrected chi connectivity index (χ3v) is 4.67. The molecule has 0 N–H and O–H groups in total. The van der Waals surface area contributed by atoms with Crippen molar-refractivity contribution in [3.05, 3.63) is 151 Å². The molecule has 0 fully saturated rings. The molecule has 0 unspecified atom stereocenters. The first-order valence-electron chi connectivity index (χ1n) is 12.2.